The number of hydrogen-bond donors (Lipinski definition) is 1. The summed E-state index contributed by atoms with van der Waals surface area (Å²) in [5.41, 5.74) is 0.614. The Kier molecular flexibility index (Phi) is 8.90. The van der Waals surface area contributed by atoms with Crippen molar-refractivity contribution < 1.29 is 14.3 Å². The first-order valence-corrected chi connectivity index (χ1v) is 9.58. The van der Waals surface area contributed by atoms with Crippen molar-refractivity contribution in [1.82, 2.24) is 10.2 Å². The van der Waals surface area contributed by atoms with Gasteiger partial charge in [0, 0.05) is 36.8 Å². The zero-order chi connectivity index (χ0) is 19.1. The highest BCUT2D eigenvalue weighted by Crippen LogP contribution is 2.22. The van der Waals surface area contributed by atoms with Gasteiger partial charge in [0.1, 0.15) is 17.6 Å². The van der Waals surface area contributed by atoms with Crippen molar-refractivity contribution in [2.75, 3.05) is 33.3 Å². The topological polar surface area (TPSA) is 50.8 Å². The summed E-state index contributed by atoms with van der Waals surface area (Å²) in [6.07, 6.45) is 2.15. The fourth-order valence-corrected chi connectivity index (χ4v) is 3.36. The highest BCUT2D eigenvalue weighted by Gasteiger charge is 2.20. The average Bonchev–Trinajstić information content (AvgIpc) is 2.69. The van der Waals surface area contributed by atoms with E-state index in [1.807, 2.05) is 36.4 Å². The number of methoxy groups -OCH3 is 1. The Bertz CT molecular complexity index is 765. The van der Waals surface area contributed by atoms with Crippen LogP contribution in [0.3, 0.4) is 0 Å². The third-order valence-corrected chi connectivity index (χ3v) is 4.91. The SMILES string of the molecule is COc1cccc(C(=O)NCCN2CCC(Oc3cccc(Cl)c3)CC2)c1.Cl. The van der Waals surface area contributed by atoms with E-state index in [0.717, 1.165) is 38.2 Å². The number of benzene rings is 2. The number of carbonyl (C=O) groups excluding carboxylic acids is 1. The number of halogens is 2. The summed E-state index contributed by atoms with van der Waals surface area (Å²) >= 11 is 6.00. The molecule has 5 nitrogen and oxygen atoms in total. The molecular formula is C21H26Cl2N2O3. The Hall–Kier alpha value is -1.95. The summed E-state index contributed by atoms with van der Waals surface area (Å²) in [6, 6.07) is 14.7. The van der Waals surface area contributed by atoms with E-state index in [4.69, 9.17) is 21.1 Å². The van der Waals surface area contributed by atoms with Gasteiger partial charge in [0.25, 0.3) is 5.91 Å². The molecule has 0 atom stereocenters. The van der Waals surface area contributed by atoms with Crippen LogP contribution in [0.2, 0.25) is 5.02 Å². The van der Waals surface area contributed by atoms with Gasteiger partial charge in [-0.15, -0.1) is 12.4 Å². The highest BCUT2D eigenvalue weighted by atomic mass is 35.5. The van der Waals surface area contributed by atoms with Gasteiger partial charge >= 0.3 is 0 Å². The summed E-state index contributed by atoms with van der Waals surface area (Å²) in [5.74, 6) is 1.43. The van der Waals surface area contributed by atoms with Crippen LogP contribution < -0.4 is 14.8 Å². The second-order valence-corrected chi connectivity index (χ2v) is 7.04. The third kappa shape index (κ3) is 6.59. The van der Waals surface area contributed by atoms with E-state index >= 15 is 0 Å². The van der Waals surface area contributed by atoms with Crippen molar-refractivity contribution in [3.8, 4) is 11.5 Å². The lowest BCUT2D eigenvalue weighted by atomic mass is 10.1. The number of nitrogens with one attached hydrogen (secondary N) is 1. The Labute approximate surface area is 177 Å². The van der Waals surface area contributed by atoms with Crippen LogP contribution in [0.5, 0.6) is 11.5 Å². The zero-order valence-corrected chi connectivity index (χ0v) is 17.5. The molecule has 1 amide bonds. The summed E-state index contributed by atoms with van der Waals surface area (Å²) in [6.45, 7) is 3.37. The number of hydrogen-bond acceptors (Lipinski definition) is 4. The molecule has 7 heteroatoms. The van der Waals surface area contributed by atoms with Crippen LogP contribution in [0.1, 0.15) is 23.2 Å². The van der Waals surface area contributed by atoms with Crippen molar-refractivity contribution >= 4 is 29.9 Å². The lowest BCUT2D eigenvalue weighted by Crippen LogP contribution is -2.42. The van der Waals surface area contributed by atoms with E-state index in [2.05, 4.69) is 10.2 Å². The number of rotatable bonds is 7. The van der Waals surface area contributed by atoms with Gasteiger partial charge in [-0.25, -0.2) is 0 Å². The predicted molar refractivity (Wildman–Crippen MR) is 114 cm³/mol. The number of carbonyl (C=O) groups is 1. The maximum atomic E-state index is 12.2. The average molecular weight is 425 g/mol. The molecule has 0 aromatic heterocycles. The second kappa shape index (κ2) is 11.1. The lowest BCUT2D eigenvalue weighted by molar-refractivity contribution is 0.0905. The molecule has 0 aliphatic carbocycles. The minimum Gasteiger partial charge on any atom is -0.497 e. The third-order valence-electron chi connectivity index (χ3n) is 4.68. The van der Waals surface area contributed by atoms with Gasteiger partial charge in [0.05, 0.1) is 7.11 Å². The Balaban J connectivity index is 0.00000280. The quantitative estimate of drug-likeness (QED) is 0.728. The molecule has 2 aromatic carbocycles. The van der Waals surface area contributed by atoms with Crippen LogP contribution in [0.4, 0.5) is 0 Å². The molecule has 0 radical (unpaired) electrons. The van der Waals surface area contributed by atoms with Crippen LogP contribution in [0.15, 0.2) is 48.5 Å². The molecular weight excluding hydrogens is 399 g/mol. The van der Waals surface area contributed by atoms with E-state index in [9.17, 15) is 4.79 Å². The van der Waals surface area contributed by atoms with Gasteiger partial charge in [-0.05, 0) is 49.2 Å². The molecule has 1 aliphatic heterocycles. The first-order valence-electron chi connectivity index (χ1n) is 9.21. The first kappa shape index (κ1) is 22.3. The van der Waals surface area contributed by atoms with Crippen molar-refractivity contribution in [2.45, 2.75) is 18.9 Å². The molecule has 1 heterocycles. The van der Waals surface area contributed by atoms with E-state index in [-0.39, 0.29) is 24.4 Å². The van der Waals surface area contributed by atoms with Crippen molar-refractivity contribution in [2.24, 2.45) is 0 Å². The molecule has 0 spiro atoms. The number of ether oxygens (including phenoxy) is 2. The summed E-state index contributed by atoms with van der Waals surface area (Å²) < 4.78 is 11.2. The molecule has 152 valence electrons. The standard InChI is InChI=1S/C21H25ClN2O3.ClH/c1-26-19-6-2-4-16(14-19)21(25)23-10-13-24-11-8-18(9-12-24)27-20-7-3-5-17(22)15-20;/h2-7,14-15,18H,8-13H2,1H3,(H,23,25);1H. The Morgan fingerprint density at radius 2 is 1.86 bits per heavy atom. The van der Waals surface area contributed by atoms with Crippen LogP contribution >= 0.6 is 24.0 Å². The van der Waals surface area contributed by atoms with Gasteiger partial charge in [-0.2, -0.15) is 0 Å². The highest BCUT2D eigenvalue weighted by molar-refractivity contribution is 6.30. The van der Waals surface area contributed by atoms with Gasteiger partial charge in [0.2, 0.25) is 0 Å². The Morgan fingerprint density at radius 1 is 1.14 bits per heavy atom. The molecule has 1 fully saturated rings. The molecule has 2 aromatic rings. The maximum absolute atomic E-state index is 12.2. The number of piperidine rings is 1. The fraction of sp³-hybridized carbons (Fsp3) is 0.381. The normalized spacial score (nSPS) is 14.8. The van der Waals surface area contributed by atoms with Gasteiger partial charge in [0.15, 0.2) is 0 Å². The van der Waals surface area contributed by atoms with Crippen LogP contribution in [0, 0.1) is 0 Å². The fourth-order valence-electron chi connectivity index (χ4n) is 3.18. The first-order chi connectivity index (χ1) is 13.1. The molecule has 0 bridgehead atoms. The summed E-state index contributed by atoms with van der Waals surface area (Å²) in [4.78, 5) is 14.6. The summed E-state index contributed by atoms with van der Waals surface area (Å²) in [7, 11) is 1.59. The minimum absolute atomic E-state index is 0. The van der Waals surface area contributed by atoms with Gasteiger partial charge in [-0.1, -0.05) is 23.7 Å². The second-order valence-electron chi connectivity index (χ2n) is 6.60. The van der Waals surface area contributed by atoms with Crippen LogP contribution in [-0.2, 0) is 0 Å². The van der Waals surface area contributed by atoms with Crippen molar-refractivity contribution in [1.29, 1.82) is 0 Å². The van der Waals surface area contributed by atoms with E-state index in [1.54, 1.807) is 19.2 Å². The van der Waals surface area contributed by atoms with Crippen molar-refractivity contribution in [3.05, 3.63) is 59.1 Å². The van der Waals surface area contributed by atoms with Gasteiger partial charge < -0.3 is 19.7 Å². The monoisotopic (exact) mass is 424 g/mol. The minimum atomic E-state index is -0.0759. The lowest BCUT2D eigenvalue weighted by Gasteiger charge is -2.32. The maximum Gasteiger partial charge on any atom is 0.251 e. The number of nitrogens with zero attached hydrogens (tertiary/aromatic N) is 1. The molecule has 28 heavy (non-hydrogen) atoms. The smallest absolute Gasteiger partial charge is 0.251 e. The number of amides is 1. The molecule has 0 saturated carbocycles. The van der Waals surface area contributed by atoms with Crippen LogP contribution in [-0.4, -0.2) is 50.2 Å². The zero-order valence-electron chi connectivity index (χ0n) is 15.9. The summed E-state index contributed by atoms with van der Waals surface area (Å²) in [5, 5.41) is 3.66. The van der Waals surface area contributed by atoms with E-state index in [1.165, 1.54) is 0 Å². The van der Waals surface area contributed by atoms with Gasteiger partial charge in [-0.3, -0.25) is 4.79 Å². The molecule has 1 saturated heterocycles. The molecule has 3 rings (SSSR count). The van der Waals surface area contributed by atoms with E-state index < -0.39 is 0 Å². The predicted octanol–water partition coefficient (Wildman–Crippen LogP) is 4.04. The molecule has 1 N–H and O–H groups in total. The van der Waals surface area contributed by atoms with E-state index in [0.29, 0.717) is 22.9 Å². The number of likely N-dealkylation sites (tertiary alicyclic amines) is 1. The van der Waals surface area contributed by atoms with Crippen LogP contribution in [0.25, 0.3) is 0 Å². The Morgan fingerprint density at radius 3 is 2.57 bits per heavy atom. The molecule has 0 unspecified atom stereocenters. The van der Waals surface area contributed by atoms with Crippen molar-refractivity contribution in [3.63, 3.8) is 0 Å². The largest absolute Gasteiger partial charge is 0.497 e. The molecule has 1 aliphatic rings.